The highest BCUT2D eigenvalue weighted by Crippen LogP contribution is 2.02. The number of carbonyl (C=O) groups is 1. The van der Waals surface area contributed by atoms with Gasteiger partial charge in [0.15, 0.2) is 0 Å². The van der Waals surface area contributed by atoms with E-state index < -0.39 is 6.09 Å². The van der Waals surface area contributed by atoms with E-state index in [1.165, 1.54) is 13.3 Å². The van der Waals surface area contributed by atoms with Crippen LogP contribution in [0.25, 0.3) is 6.08 Å². The first-order valence-corrected chi connectivity index (χ1v) is 6.25. The van der Waals surface area contributed by atoms with Gasteiger partial charge in [-0.05, 0) is 17.7 Å². The molecule has 2 aromatic rings. The van der Waals surface area contributed by atoms with Crippen LogP contribution in [0.15, 0.2) is 47.7 Å². The van der Waals surface area contributed by atoms with Crippen LogP contribution in [-0.2, 0) is 11.3 Å². The van der Waals surface area contributed by atoms with Crippen LogP contribution in [0.3, 0.4) is 0 Å². The van der Waals surface area contributed by atoms with Gasteiger partial charge in [-0.25, -0.2) is 14.9 Å². The zero-order valence-electron chi connectivity index (χ0n) is 11.5. The molecule has 0 fully saturated rings. The van der Waals surface area contributed by atoms with Crippen LogP contribution in [-0.4, -0.2) is 34.4 Å². The minimum Gasteiger partial charge on any atom is -0.452 e. The van der Waals surface area contributed by atoms with Crippen molar-refractivity contribution in [1.29, 1.82) is 0 Å². The van der Waals surface area contributed by atoms with E-state index in [0.29, 0.717) is 12.2 Å². The number of allylic oxidation sites excluding steroid dienone is 1. The van der Waals surface area contributed by atoms with Gasteiger partial charge in [0.1, 0.15) is 5.69 Å². The molecule has 0 saturated heterocycles. The predicted octanol–water partition coefficient (Wildman–Crippen LogP) is 1.68. The molecule has 0 radical (unpaired) electrons. The zero-order chi connectivity index (χ0) is 14.9. The van der Waals surface area contributed by atoms with Crippen molar-refractivity contribution in [3.8, 4) is 0 Å². The lowest BCUT2D eigenvalue weighted by Crippen LogP contribution is -2.16. The molecule has 1 amide bonds. The Balaban J connectivity index is 1.87. The Labute approximate surface area is 121 Å². The van der Waals surface area contributed by atoms with Crippen LogP contribution in [0.2, 0.25) is 0 Å². The fourth-order valence-electron chi connectivity index (χ4n) is 1.56. The number of aromatic nitrogens is 3. The molecule has 1 aromatic carbocycles. The normalized spacial score (nSPS) is 11.1. The molecule has 0 aliphatic rings. The third-order valence-corrected chi connectivity index (χ3v) is 2.51. The standard InChI is InChI=1S/C14H15N5O2/c1-21-14(20)17-15-9-5-8-13-11-19(18-16-13)10-12-6-3-2-4-7-12/h2-9,11H,10H2,1H3,(H,17,20)/b8-5+,15-9-. The van der Waals surface area contributed by atoms with Crippen LogP contribution in [0, 0.1) is 0 Å². The largest absolute Gasteiger partial charge is 0.452 e. The van der Waals surface area contributed by atoms with Crippen LogP contribution in [0.1, 0.15) is 11.3 Å². The second-order valence-electron chi connectivity index (χ2n) is 4.07. The molecular weight excluding hydrogens is 270 g/mol. The molecule has 108 valence electrons. The number of hydrogen-bond donors (Lipinski definition) is 1. The van der Waals surface area contributed by atoms with E-state index in [-0.39, 0.29) is 0 Å². The number of nitrogens with one attached hydrogen (secondary N) is 1. The number of carbonyl (C=O) groups excluding carboxylic acids is 1. The third kappa shape index (κ3) is 4.90. The number of hydrogen-bond acceptors (Lipinski definition) is 5. The number of hydrazone groups is 1. The molecule has 0 bridgehead atoms. The van der Waals surface area contributed by atoms with Gasteiger partial charge in [0.2, 0.25) is 0 Å². The van der Waals surface area contributed by atoms with Gasteiger partial charge in [-0.15, -0.1) is 5.10 Å². The van der Waals surface area contributed by atoms with Crippen molar-refractivity contribution in [1.82, 2.24) is 20.4 Å². The number of rotatable bonds is 5. The first kappa shape index (κ1) is 14.4. The Morgan fingerprint density at radius 3 is 3.00 bits per heavy atom. The predicted molar refractivity (Wildman–Crippen MR) is 78.6 cm³/mol. The lowest BCUT2D eigenvalue weighted by atomic mass is 10.2. The maximum absolute atomic E-state index is 10.7. The first-order valence-electron chi connectivity index (χ1n) is 6.25. The minimum absolute atomic E-state index is 0.617. The van der Waals surface area contributed by atoms with E-state index in [4.69, 9.17) is 0 Å². The van der Waals surface area contributed by atoms with Crippen molar-refractivity contribution in [3.05, 3.63) is 53.9 Å². The number of nitrogens with zero attached hydrogens (tertiary/aromatic N) is 4. The fourth-order valence-corrected chi connectivity index (χ4v) is 1.56. The lowest BCUT2D eigenvalue weighted by Gasteiger charge is -1.98. The Morgan fingerprint density at radius 1 is 1.43 bits per heavy atom. The molecule has 0 unspecified atom stereocenters. The average Bonchev–Trinajstić information content (AvgIpc) is 2.95. The van der Waals surface area contributed by atoms with Gasteiger partial charge in [-0.1, -0.05) is 35.5 Å². The van der Waals surface area contributed by atoms with E-state index in [0.717, 1.165) is 5.56 Å². The average molecular weight is 285 g/mol. The summed E-state index contributed by atoms with van der Waals surface area (Å²) in [5, 5.41) is 11.7. The van der Waals surface area contributed by atoms with Crippen LogP contribution in [0.5, 0.6) is 0 Å². The molecular formula is C14H15N5O2. The number of amides is 1. The number of methoxy groups -OCH3 is 1. The molecule has 2 rings (SSSR count). The summed E-state index contributed by atoms with van der Waals surface area (Å²) in [4.78, 5) is 10.7. The molecule has 0 spiro atoms. The summed E-state index contributed by atoms with van der Waals surface area (Å²) < 4.78 is 6.11. The Kier molecular flexibility index (Phi) is 5.22. The van der Waals surface area contributed by atoms with E-state index in [2.05, 4.69) is 25.6 Å². The van der Waals surface area contributed by atoms with Gasteiger partial charge in [0.05, 0.1) is 19.9 Å². The second kappa shape index (κ2) is 7.59. The summed E-state index contributed by atoms with van der Waals surface area (Å²) >= 11 is 0. The number of ether oxygens (including phenoxy) is 1. The van der Waals surface area contributed by atoms with Crippen LogP contribution in [0.4, 0.5) is 4.79 Å². The van der Waals surface area contributed by atoms with Gasteiger partial charge in [0.25, 0.3) is 0 Å². The van der Waals surface area contributed by atoms with E-state index in [1.54, 1.807) is 16.8 Å². The molecule has 1 heterocycles. The van der Waals surface area contributed by atoms with Gasteiger partial charge in [0, 0.05) is 6.21 Å². The summed E-state index contributed by atoms with van der Waals surface area (Å²) in [5.74, 6) is 0. The van der Waals surface area contributed by atoms with E-state index in [1.807, 2.05) is 36.5 Å². The smallest absolute Gasteiger partial charge is 0.427 e. The van der Waals surface area contributed by atoms with E-state index >= 15 is 0 Å². The lowest BCUT2D eigenvalue weighted by molar-refractivity contribution is 0.171. The van der Waals surface area contributed by atoms with Crippen molar-refractivity contribution >= 4 is 18.4 Å². The summed E-state index contributed by atoms with van der Waals surface area (Å²) in [6, 6.07) is 10.0. The number of benzene rings is 1. The van der Waals surface area contributed by atoms with Crippen LogP contribution < -0.4 is 5.43 Å². The molecule has 0 atom stereocenters. The van der Waals surface area contributed by atoms with Crippen molar-refractivity contribution in [2.24, 2.45) is 5.10 Å². The first-order chi connectivity index (χ1) is 10.3. The summed E-state index contributed by atoms with van der Waals surface area (Å²) in [5.41, 5.74) is 4.03. The quantitative estimate of drug-likeness (QED) is 0.669. The molecule has 7 nitrogen and oxygen atoms in total. The highest BCUT2D eigenvalue weighted by Gasteiger charge is 1.98. The third-order valence-electron chi connectivity index (χ3n) is 2.51. The van der Waals surface area contributed by atoms with E-state index in [9.17, 15) is 4.79 Å². The molecule has 0 aliphatic heterocycles. The second-order valence-corrected chi connectivity index (χ2v) is 4.07. The maximum atomic E-state index is 10.7. The van der Waals surface area contributed by atoms with Crippen molar-refractivity contribution < 1.29 is 9.53 Å². The van der Waals surface area contributed by atoms with Crippen molar-refractivity contribution in [2.75, 3.05) is 7.11 Å². The van der Waals surface area contributed by atoms with Gasteiger partial charge >= 0.3 is 6.09 Å². The van der Waals surface area contributed by atoms with Crippen molar-refractivity contribution in [2.45, 2.75) is 6.54 Å². The van der Waals surface area contributed by atoms with Crippen molar-refractivity contribution in [3.63, 3.8) is 0 Å². The van der Waals surface area contributed by atoms with Gasteiger partial charge in [-0.2, -0.15) is 5.10 Å². The molecule has 0 aliphatic carbocycles. The summed E-state index contributed by atoms with van der Waals surface area (Å²) in [6.45, 7) is 0.666. The monoisotopic (exact) mass is 285 g/mol. The maximum Gasteiger partial charge on any atom is 0.427 e. The molecule has 1 N–H and O–H groups in total. The van der Waals surface area contributed by atoms with Gasteiger partial charge < -0.3 is 4.74 Å². The summed E-state index contributed by atoms with van der Waals surface area (Å²) in [7, 11) is 1.27. The highest BCUT2D eigenvalue weighted by atomic mass is 16.5. The Hall–Kier alpha value is -2.96. The fraction of sp³-hybridized carbons (Fsp3) is 0.143. The topological polar surface area (TPSA) is 81.4 Å². The van der Waals surface area contributed by atoms with Gasteiger partial charge in [-0.3, -0.25) is 0 Å². The molecule has 7 heteroatoms. The SMILES string of the molecule is COC(=O)N/N=C\C=C\c1cn(Cc2ccccc2)nn1. The molecule has 1 aromatic heterocycles. The van der Waals surface area contributed by atoms with Crippen LogP contribution >= 0.6 is 0 Å². The minimum atomic E-state index is -0.617. The zero-order valence-corrected chi connectivity index (χ0v) is 11.5. The molecule has 21 heavy (non-hydrogen) atoms. The molecule has 0 saturated carbocycles. The summed E-state index contributed by atoms with van der Waals surface area (Å²) in [6.07, 6.45) is 6.01. The Morgan fingerprint density at radius 2 is 2.24 bits per heavy atom. The highest BCUT2D eigenvalue weighted by molar-refractivity contribution is 5.78. The Bertz CT molecular complexity index is 634.